The monoisotopic (exact) mass is 737 g/mol. The maximum atomic E-state index is 12.5. The molecule has 0 aliphatic carbocycles. The summed E-state index contributed by atoms with van der Waals surface area (Å²) in [6.45, 7) is 8.89. The van der Waals surface area contributed by atoms with Crippen LogP contribution in [0.3, 0.4) is 0 Å². The molecular weight excluding hydrogens is 649 g/mol. The van der Waals surface area contributed by atoms with Crippen molar-refractivity contribution in [3.8, 4) is 0 Å². The number of rotatable bonds is 41. The molecule has 0 saturated carbocycles. The standard InChI is InChI=1S/C46H88O6/c1-5-8-10-12-13-14-15-16-17-18-19-20-21-22-23-24-25-30-33-37-44(47)50-40-43(52-46(49)39-35-28-11-9-6-2)41-51-45(48)38-34-31-27-26-29-32-36-42(4)7-3/h42-43H,5-41H2,1-4H3/t42?,43-/m1/s1. The van der Waals surface area contributed by atoms with Crippen LogP contribution in [0.15, 0.2) is 0 Å². The van der Waals surface area contributed by atoms with E-state index in [1.165, 1.54) is 141 Å². The van der Waals surface area contributed by atoms with Crippen LogP contribution in [0.5, 0.6) is 0 Å². The Kier molecular flexibility index (Phi) is 39.4. The lowest BCUT2D eigenvalue weighted by Gasteiger charge is -2.18. The Morgan fingerprint density at radius 3 is 1.00 bits per heavy atom. The van der Waals surface area contributed by atoms with Gasteiger partial charge in [-0.25, -0.2) is 0 Å². The molecular formula is C46H88O6. The van der Waals surface area contributed by atoms with Gasteiger partial charge >= 0.3 is 17.9 Å². The molecule has 0 aromatic carbocycles. The van der Waals surface area contributed by atoms with E-state index in [1.807, 2.05) is 0 Å². The summed E-state index contributed by atoms with van der Waals surface area (Å²) in [5, 5.41) is 0. The van der Waals surface area contributed by atoms with E-state index in [9.17, 15) is 14.4 Å². The van der Waals surface area contributed by atoms with Gasteiger partial charge in [0.2, 0.25) is 0 Å². The van der Waals surface area contributed by atoms with Crippen LogP contribution in [0.1, 0.15) is 252 Å². The molecule has 1 unspecified atom stereocenters. The first kappa shape index (κ1) is 50.4. The number of ether oxygens (including phenoxy) is 3. The second kappa shape index (κ2) is 40.6. The minimum atomic E-state index is -0.758. The highest BCUT2D eigenvalue weighted by Crippen LogP contribution is 2.17. The summed E-state index contributed by atoms with van der Waals surface area (Å²) in [6.07, 6.45) is 39.9. The number of carbonyl (C=O) groups is 3. The summed E-state index contributed by atoms with van der Waals surface area (Å²) in [4.78, 5) is 37.4. The maximum absolute atomic E-state index is 12.5. The van der Waals surface area contributed by atoms with E-state index < -0.39 is 6.10 Å². The third kappa shape index (κ3) is 38.1. The largest absolute Gasteiger partial charge is 0.462 e. The van der Waals surface area contributed by atoms with Gasteiger partial charge in [0.15, 0.2) is 6.10 Å². The van der Waals surface area contributed by atoms with E-state index in [-0.39, 0.29) is 31.1 Å². The van der Waals surface area contributed by atoms with Gasteiger partial charge in [0.1, 0.15) is 13.2 Å². The van der Waals surface area contributed by atoms with E-state index in [0.29, 0.717) is 19.3 Å². The summed E-state index contributed by atoms with van der Waals surface area (Å²) >= 11 is 0. The molecule has 0 aliphatic rings. The van der Waals surface area contributed by atoms with Crippen LogP contribution in [0.25, 0.3) is 0 Å². The van der Waals surface area contributed by atoms with Gasteiger partial charge in [0, 0.05) is 19.3 Å². The summed E-state index contributed by atoms with van der Waals surface area (Å²) in [5.41, 5.74) is 0. The Hall–Kier alpha value is -1.59. The van der Waals surface area contributed by atoms with E-state index in [1.54, 1.807) is 0 Å². The van der Waals surface area contributed by atoms with Gasteiger partial charge in [0.05, 0.1) is 0 Å². The zero-order chi connectivity index (χ0) is 38.2. The van der Waals surface area contributed by atoms with Crippen LogP contribution < -0.4 is 0 Å². The number of esters is 3. The second-order valence-electron chi connectivity index (χ2n) is 15.9. The van der Waals surface area contributed by atoms with Crippen molar-refractivity contribution in [1.82, 2.24) is 0 Å². The first-order chi connectivity index (χ1) is 25.4. The molecule has 0 amide bonds. The molecule has 0 rings (SSSR count). The SMILES string of the molecule is CCCCCCCCCCCCCCCCCCCCCC(=O)OC[C@H](COC(=O)CCCCCCCCC(C)CC)OC(=O)CCCCCCC. The van der Waals surface area contributed by atoms with Crippen LogP contribution in [0, 0.1) is 5.92 Å². The lowest BCUT2D eigenvalue weighted by atomic mass is 10.00. The smallest absolute Gasteiger partial charge is 0.306 e. The lowest BCUT2D eigenvalue weighted by Crippen LogP contribution is -2.30. The van der Waals surface area contributed by atoms with Gasteiger partial charge in [-0.2, -0.15) is 0 Å². The molecule has 0 radical (unpaired) electrons. The Morgan fingerprint density at radius 2 is 0.673 bits per heavy atom. The minimum absolute atomic E-state index is 0.0660. The molecule has 0 aliphatic heterocycles. The molecule has 0 heterocycles. The number of carbonyl (C=O) groups excluding carboxylic acids is 3. The maximum Gasteiger partial charge on any atom is 0.306 e. The predicted molar refractivity (Wildman–Crippen MR) is 220 cm³/mol. The number of unbranched alkanes of at least 4 members (excludes halogenated alkanes) is 27. The quantitative estimate of drug-likeness (QED) is 0.0353. The van der Waals surface area contributed by atoms with Crippen LogP contribution in [0.2, 0.25) is 0 Å². The Morgan fingerprint density at radius 1 is 0.385 bits per heavy atom. The van der Waals surface area contributed by atoms with E-state index in [2.05, 4.69) is 27.7 Å². The molecule has 2 atom stereocenters. The van der Waals surface area contributed by atoms with Crippen molar-refractivity contribution in [1.29, 1.82) is 0 Å². The van der Waals surface area contributed by atoms with Crippen molar-refractivity contribution < 1.29 is 28.6 Å². The third-order valence-corrected chi connectivity index (χ3v) is 10.7. The van der Waals surface area contributed by atoms with Crippen LogP contribution >= 0.6 is 0 Å². The molecule has 0 fully saturated rings. The van der Waals surface area contributed by atoms with Crippen molar-refractivity contribution in [3.63, 3.8) is 0 Å². The first-order valence-corrected chi connectivity index (χ1v) is 22.9. The van der Waals surface area contributed by atoms with Gasteiger partial charge in [0.25, 0.3) is 0 Å². The molecule has 308 valence electrons. The van der Waals surface area contributed by atoms with Crippen molar-refractivity contribution in [2.24, 2.45) is 5.92 Å². The summed E-state index contributed by atoms with van der Waals surface area (Å²) in [7, 11) is 0. The average molecular weight is 737 g/mol. The lowest BCUT2D eigenvalue weighted by molar-refractivity contribution is -0.167. The zero-order valence-electron chi connectivity index (χ0n) is 35.3. The van der Waals surface area contributed by atoms with Crippen molar-refractivity contribution in [3.05, 3.63) is 0 Å². The van der Waals surface area contributed by atoms with Crippen molar-refractivity contribution in [2.75, 3.05) is 13.2 Å². The van der Waals surface area contributed by atoms with Gasteiger partial charge in [-0.1, -0.05) is 214 Å². The van der Waals surface area contributed by atoms with E-state index in [4.69, 9.17) is 14.2 Å². The molecule has 0 N–H and O–H groups in total. The first-order valence-electron chi connectivity index (χ1n) is 22.9. The molecule has 0 aromatic rings. The summed E-state index contributed by atoms with van der Waals surface area (Å²) in [6, 6.07) is 0. The van der Waals surface area contributed by atoms with Crippen LogP contribution in [-0.4, -0.2) is 37.2 Å². The van der Waals surface area contributed by atoms with E-state index >= 15 is 0 Å². The van der Waals surface area contributed by atoms with E-state index in [0.717, 1.165) is 70.1 Å². The molecule has 0 aromatic heterocycles. The highest BCUT2D eigenvalue weighted by molar-refractivity contribution is 5.71. The summed E-state index contributed by atoms with van der Waals surface area (Å²) in [5.74, 6) is -0.0582. The van der Waals surface area contributed by atoms with Gasteiger partial charge < -0.3 is 14.2 Å². The molecule has 0 bridgehead atoms. The average Bonchev–Trinajstić information content (AvgIpc) is 3.14. The summed E-state index contributed by atoms with van der Waals surface area (Å²) < 4.78 is 16.6. The fourth-order valence-corrected chi connectivity index (χ4v) is 6.77. The van der Waals surface area contributed by atoms with Crippen LogP contribution in [-0.2, 0) is 28.6 Å². The third-order valence-electron chi connectivity index (χ3n) is 10.7. The van der Waals surface area contributed by atoms with Crippen molar-refractivity contribution in [2.45, 2.75) is 259 Å². The Balaban J connectivity index is 4.07. The number of hydrogen-bond donors (Lipinski definition) is 0. The van der Waals surface area contributed by atoms with Gasteiger partial charge in [-0.05, 0) is 25.2 Å². The fraction of sp³-hybridized carbons (Fsp3) is 0.935. The second-order valence-corrected chi connectivity index (χ2v) is 15.9. The molecule has 52 heavy (non-hydrogen) atoms. The Labute approximate surface area is 323 Å². The Bertz CT molecular complexity index is 783. The molecule has 0 saturated heterocycles. The topological polar surface area (TPSA) is 78.9 Å². The van der Waals surface area contributed by atoms with Gasteiger partial charge in [-0.15, -0.1) is 0 Å². The predicted octanol–water partition coefficient (Wildman–Crippen LogP) is 14.3. The van der Waals surface area contributed by atoms with Crippen molar-refractivity contribution >= 4 is 17.9 Å². The normalized spacial score (nSPS) is 12.5. The highest BCUT2D eigenvalue weighted by Gasteiger charge is 2.19. The van der Waals surface area contributed by atoms with Crippen LogP contribution in [0.4, 0.5) is 0 Å². The number of hydrogen-bond acceptors (Lipinski definition) is 6. The van der Waals surface area contributed by atoms with Gasteiger partial charge in [-0.3, -0.25) is 14.4 Å². The molecule has 6 heteroatoms. The molecule has 6 nitrogen and oxygen atoms in total. The highest BCUT2D eigenvalue weighted by atomic mass is 16.6. The zero-order valence-corrected chi connectivity index (χ0v) is 35.3. The molecule has 0 spiro atoms. The fourth-order valence-electron chi connectivity index (χ4n) is 6.77. The minimum Gasteiger partial charge on any atom is -0.462 e.